The zero-order valence-corrected chi connectivity index (χ0v) is 29.8. The van der Waals surface area contributed by atoms with Crippen molar-refractivity contribution < 1.29 is 60.5 Å². The second-order valence-corrected chi connectivity index (χ2v) is 13.0. The molecular weight excluding hydrogens is 914 g/mol. The summed E-state index contributed by atoms with van der Waals surface area (Å²) in [5, 5.41) is 14.2. The second kappa shape index (κ2) is 17.7. The van der Waals surface area contributed by atoms with Gasteiger partial charge < -0.3 is 21.7 Å². The van der Waals surface area contributed by atoms with Gasteiger partial charge >= 0.3 is 30.3 Å². The average Bonchev–Trinajstić information content (AvgIpc) is 2.91. The van der Waals surface area contributed by atoms with Crippen LogP contribution in [0.1, 0.15) is 11.1 Å². The fraction of sp³-hybridized carbons (Fsp3) is 0.346. The number of carbonyl (C=O) groups is 5. The third-order valence-electron chi connectivity index (χ3n) is 5.82. The summed E-state index contributed by atoms with van der Waals surface area (Å²) in [6.45, 7) is 0.197. The van der Waals surface area contributed by atoms with Crippen molar-refractivity contribution in [3.8, 4) is 0 Å². The maximum absolute atomic E-state index is 13.9. The number of hydrogen-bond acceptors (Lipinski definition) is 7. The van der Waals surface area contributed by atoms with Crippen molar-refractivity contribution in [1.82, 2.24) is 9.80 Å². The number of benzene rings is 2. The summed E-state index contributed by atoms with van der Waals surface area (Å²) in [5.74, 6) is -6.62. The lowest BCUT2D eigenvalue weighted by molar-refractivity contribution is -0.193. The SMILES string of the molecule is NCCN1C(=O)N(CCN)C(=O)C(Cc2cc(Br)cc(Br)c2)(Cc2cc(Br)cc(Br)c2)C1=O.O=C(O)C(F)(F)F.O=C(O)C(F)(F)F. The summed E-state index contributed by atoms with van der Waals surface area (Å²) in [5.41, 5.74) is 11.4. The van der Waals surface area contributed by atoms with Crippen LogP contribution in [-0.4, -0.2) is 88.3 Å². The summed E-state index contributed by atoms with van der Waals surface area (Å²) in [6.07, 6.45) is -9.97. The monoisotopic (exact) mass is 934 g/mol. The molecule has 11 nitrogen and oxygen atoms in total. The number of carboxylic acids is 2. The van der Waals surface area contributed by atoms with Crippen LogP contribution in [-0.2, 0) is 32.0 Å². The van der Waals surface area contributed by atoms with Crippen molar-refractivity contribution in [3.63, 3.8) is 0 Å². The molecule has 0 saturated carbocycles. The van der Waals surface area contributed by atoms with Crippen molar-refractivity contribution >= 4 is 93.5 Å². The Bertz CT molecular complexity index is 1350. The number of imide groups is 2. The number of hydrogen-bond donors (Lipinski definition) is 4. The third-order valence-corrected chi connectivity index (χ3v) is 7.65. The normalized spacial score (nSPS) is 14.6. The maximum Gasteiger partial charge on any atom is 0.490 e. The fourth-order valence-electron chi connectivity index (χ4n) is 4.07. The van der Waals surface area contributed by atoms with Gasteiger partial charge in [0.15, 0.2) is 0 Å². The quantitative estimate of drug-likeness (QED) is 0.197. The number of carboxylic acid groups (broad SMARTS) is 2. The van der Waals surface area contributed by atoms with Crippen LogP contribution < -0.4 is 11.5 Å². The molecule has 21 heteroatoms. The van der Waals surface area contributed by atoms with Gasteiger partial charge in [-0.05, 0) is 60.4 Å². The van der Waals surface area contributed by atoms with E-state index in [0.29, 0.717) is 0 Å². The van der Waals surface area contributed by atoms with Crippen LogP contribution in [0.5, 0.6) is 0 Å². The number of carbonyl (C=O) groups excluding carboxylic acids is 3. The first kappa shape index (κ1) is 42.4. The Hall–Kier alpha value is -2.59. The van der Waals surface area contributed by atoms with E-state index in [0.717, 1.165) is 38.8 Å². The zero-order valence-electron chi connectivity index (χ0n) is 23.5. The summed E-state index contributed by atoms with van der Waals surface area (Å²) in [4.78, 5) is 60.7. The minimum atomic E-state index is -5.08. The van der Waals surface area contributed by atoms with Gasteiger partial charge in [-0.3, -0.25) is 19.4 Å². The van der Waals surface area contributed by atoms with E-state index >= 15 is 0 Å². The zero-order chi connectivity index (χ0) is 36.5. The maximum atomic E-state index is 13.9. The predicted octanol–water partition coefficient (Wildman–Crippen LogP) is 5.48. The van der Waals surface area contributed by atoms with Gasteiger partial charge in [0.1, 0.15) is 5.41 Å². The number of urea groups is 1. The fourth-order valence-corrected chi connectivity index (χ4v) is 6.85. The highest BCUT2D eigenvalue weighted by Crippen LogP contribution is 2.39. The number of rotatable bonds is 8. The van der Waals surface area contributed by atoms with E-state index in [9.17, 15) is 40.7 Å². The molecule has 1 heterocycles. The molecule has 0 aliphatic carbocycles. The molecule has 0 spiro atoms. The van der Waals surface area contributed by atoms with Crippen LogP contribution >= 0.6 is 63.7 Å². The van der Waals surface area contributed by atoms with Crippen molar-refractivity contribution in [2.24, 2.45) is 16.9 Å². The third kappa shape index (κ3) is 12.4. The molecule has 1 aliphatic rings. The number of alkyl halides is 6. The molecule has 3 rings (SSSR count). The number of halogens is 10. The predicted molar refractivity (Wildman–Crippen MR) is 168 cm³/mol. The molecule has 0 radical (unpaired) electrons. The van der Waals surface area contributed by atoms with Crippen LogP contribution in [0.2, 0.25) is 0 Å². The molecule has 2 aromatic carbocycles. The molecule has 260 valence electrons. The van der Waals surface area contributed by atoms with Crippen molar-refractivity contribution in [3.05, 3.63) is 65.4 Å². The molecule has 1 fully saturated rings. The van der Waals surface area contributed by atoms with E-state index in [1.165, 1.54) is 0 Å². The summed E-state index contributed by atoms with van der Waals surface area (Å²) in [6, 6.07) is 10.5. The molecule has 1 aliphatic heterocycles. The summed E-state index contributed by atoms with van der Waals surface area (Å²) < 4.78 is 66.7. The van der Waals surface area contributed by atoms with E-state index in [1.54, 1.807) is 0 Å². The standard InChI is InChI=1S/C22H22Br4N4O3.2C2HF3O2/c23-15-5-13(6-16(24)9-15)11-22(12-14-7-17(25)10-18(26)8-14)19(31)29(3-1-27)21(33)30(4-2-28)20(22)32;2*3-2(4,5)1(6)7/h5-10H,1-4,11-12,27-28H2;2*(H,6,7). The molecule has 6 N–H and O–H groups in total. The lowest BCUT2D eigenvalue weighted by Gasteiger charge is -2.44. The lowest BCUT2D eigenvalue weighted by atomic mass is 9.73. The molecule has 0 aromatic heterocycles. The molecule has 2 aromatic rings. The Morgan fingerprint density at radius 2 is 0.894 bits per heavy atom. The van der Waals surface area contributed by atoms with E-state index in [-0.39, 0.29) is 39.0 Å². The van der Waals surface area contributed by atoms with Gasteiger partial charge in [0, 0.05) is 44.1 Å². The largest absolute Gasteiger partial charge is 0.490 e. The van der Waals surface area contributed by atoms with Gasteiger partial charge in [-0.15, -0.1) is 0 Å². The van der Waals surface area contributed by atoms with Crippen LogP contribution in [0.3, 0.4) is 0 Å². The van der Waals surface area contributed by atoms with Crippen LogP contribution in [0.15, 0.2) is 54.3 Å². The highest BCUT2D eigenvalue weighted by Gasteiger charge is 2.57. The first-order valence-electron chi connectivity index (χ1n) is 12.6. The Labute approximate surface area is 296 Å². The number of nitrogens with zero attached hydrogens (tertiary/aromatic N) is 2. The number of barbiturate groups is 1. The van der Waals surface area contributed by atoms with Crippen molar-refractivity contribution in [2.75, 3.05) is 26.2 Å². The number of nitrogens with two attached hydrogens (primary N) is 2. The highest BCUT2D eigenvalue weighted by molar-refractivity contribution is 9.11. The van der Waals surface area contributed by atoms with Crippen molar-refractivity contribution in [2.45, 2.75) is 25.2 Å². The lowest BCUT2D eigenvalue weighted by Crippen LogP contribution is -2.67. The van der Waals surface area contributed by atoms with Gasteiger partial charge in [0.2, 0.25) is 11.8 Å². The highest BCUT2D eigenvalue weighted by atomic mass is 79.9. The van der Waals surface area contributed by atoms with Crippen molar-refractivity contribution in [1.29, 1.82) is 0 Å². The molecule has 0 bridgehead atoms. The summed E-state index contributed by atoms with van der Waals surface area (Å²) in [7, 11) is 0. The van der Waals surface area contributed by atoms with Gasteiger partial charge in [0.05, 0.1) is 0 Å². The summed E-state index contributed by atoms with van der Waals surface area (Å²) >= 11 is 13.9. The number of amides is 4. The Kier molecular flexibility index (Phi) is 16.0. The number of aliphatic carboxylic acids is 2. The van der Waals surface area contributed by atoms with Crippen LogP contribution in [0.25, 0.3) is 0 Å². The molecule has 0 unspecified atom stereocenters. The molecule has 47 heavy (non-hydrogen) atoms. The molecule has 1 saturated heterocycles. The van der Waals surface area contributed by atoms with Gasteiger partial charge in [0.25, 0.3) is 0 Å². The molecular formula is C26H24Br4F6N4O7. The van der Waals surface area contributed by atoms with E-state index < -0.39 is 47.6 Å². The minimum absolute atomic E-state index is 0.0120. The topological polar surface area (TPSA) is 184 Å². The Morgan fingerprint density at radius 3 is 1.11 bits per heavy atom. The van der Waals surface area contributed by atoms with Gasteiger partial charge in [-0.1, -0.05) is 63.7 Å². The van der Waals surface area contributed by atoms with Crippen LogP contribution in [0, 0.1) is 5.41 Å². The molecule has 0 atom stereocenters. The van der Waals surface area contributed by atoms with Gasteiger partial charge in [-0.2, -0.15) is 26.3 Å². The second-order valence-electron chi connectivity index (χ2n) is 9.37. The van der Waals surface area contributed by atoms with E-state index in [4.69, 9.17) is 31.3 Å². The van der Waals surface area contributed by atoms with E-state index in [1.807, 2.05) is 36.4 Å². The van der Waals surface area contributed by atoms with E-state index in [2.05, 4.69) is 63.7 Å². The Balaban J connectivity index is 0.000000658. The average molecular weight is 938 g/mol. The first-order valence-corrected chi connectivity index (χ1v) is 15.8. The smallest absolute Gasteiger partial charge is 0.475 e. The minimum Gasteiger partial charge on any atom is -0.475 e. The van der Waals surface area contributed by atoms with Gasteiger partial charge in [-0.25, -0.2) is 14.4 Å². The first-order chi connectivity index (χ1) is 21.5. The van der Waals surface area contributed by atoms with Crippen LogP contribution in [0.4, 0.5) is 31.1 Å². The molecule has 4 amide bonds. The Morgan fingerprint density at radius 1 is 0.638 bits per heavy atom.